The number of hydrogen-bond donors (Lipinski definition) is 2. The lowest BCUT2D eigenvalue weighted by atomic mass is 10.0. The zero-order chi connectivity index (χ0) is 19.5. The smallest absolute Gasteiger partial charge is 0.170 e. The van der Waals surface area contributed by atoms with Crippen LogP contribution < -0.4 is 5.32 Å². The van der Waals surface area contributed by atoms with Crippen molar-refractivity contribution in [3.63, 3.8) is 0 Å². The van der Waals surface area contributed by atoms with Gasteiger partial charge >= 0.3 is 0 Å². The average Bonchev–Trinajstić information content (AvgIpc) is 3.32. The molecular formula is C21H20BrN3O2S. The summed E-state index contributed by atoms with van der Waals surface area (Å²) >= 11 is 9.04. The van der Waals surface area contributed by atoms with Gasteiger partial charge in [0.25, 0.3) is 0 Å². The molecule has 0 bridgehead atoms. The maximum Gasteiger partial charge on any atom is 0.170 e. The minimum atomic E-state index is -0.127. The van der Waals surface area contributed by atoms with Crippen LogP contribution in [0.25, 0.3) is 11.3 Å². The molecule has 144 valence electrons. The first-order chi connectivity index (χ1) is 13.7. The van der Waals surface area contributed by atoms with E-state index in [9.17, 15) is 5.11 Å². The normalized spacial score (nSPS) is 19.1. The maximum atomic E-state index is 9.30. The van der Waals surface area contributed by atoms with Crippen LogP contribution in [0.5, 0.6) is 0 Å². The van der Waals surface area contributed by atoms with Crippen LogP contribution in [-0.2, 0) is 0 Å². The van der Waals surface area contributed by atoms with Crippen LogP contribution in [0.2, 0.25) is 0 Å². The number of nitrogens with one attached hydrogen (secondary N) is 1. The van der Waals surface area contributed by atoms with Gasteiger partial charge < -0.3 is 19.7 Å². The molecule has 3 heterocycles. The number of aliphatic hydroxyl groups excluding tert-OH is 1. The summed E-state index contributed by atoms with van der Waals surface area (Å²) in [5.41, 5.74) is 1.92. The number of furan rings is 1. The van der Waals surface area contributed by atoms with Crippen LogP contribution in [0.4, 0.5) is 0 Å². The summed E-state index contributed by atoms with van der Waals surface area (Å²) in [5.74, 6) is 1.63. The van der Waals surface area contributed by atoms with E-state index in [1.807, 2.05) is 54.6 Å². The summed E-state index contributed by atoms with van der Waals surface area (Å²) in [5, 5.41) is 13.3. The average molecular weight is 458 g/mol. The van der Waals surface area contributed by atoms with E-state index in [4.69, 9.17) is 16.6 Å². The third-order valence-corrected chi connectivity index (χ3v) is 5.68. The molecule has 0 aliphatic carbocycles. The first-order valence-corrected chi connectivity index (χ1v) is 10.3. The molecule has 1 aliphatic rings. The van der Waals surface area contributed by atoms with Gasteiger partial charge in [-0.25, -0.2) is 0 Å². The number of hydrogen-bond acceptors (Lipinski definition) is 4. The molecule has 2 aromatic heterocycles. The Balaban J connectivity index is 1.70. The number of pyridine rings is 1. The minimum Gasteiger partial charge on any atom is -0.459 e. The second-order valence-corrected chi connectivity index (χ2v) is 7.91. The topological polar surface area (TPSA) is 61.5 Å². The molecule has 7 heteroatoms. The minimum absolute atomic E-state index is 0.113. The molecule has 2 atom stereocenters. The fourth-order valence-corrected chi connectivity index (χ4v) is 4.07. The van der Waals surface area contributed by atoms with Crippen molar-refractivity contribution in [2.75, 3.05) is 13.2 Å². The Bertz CT molecular complexity index is 946. The Hall–Kier alpha value is -2.22. The molecule has 3 aromatic rings. The lowest BCUT2D eigenvalue weighted by Crippen LogP contribution is -2.30. The molecule has 1 aliphatic heterocycles. The van der Waals surface area contributed by atoms with Crippen molar-refractivity contribution in [1.82, 2.24) is 15.2 Å². The summed E-state index contributed by atoms with van der Waals surface area (Å²) in [6, 6.07) is 17.6. The van der Waals surface area contributed by atoms with Crippen molar-refractivity contribution in [2.45, 2.75) is 18.5 Å². The molecule has 1 fully saturated rings. The summed E-state index contributed by atoms with van der Waals surface area (Å²) in [6.07, 6.45) is 2.41. The number of thiocarbonyl (C=S) groups is 1. The Labute approximate surface area is 177 Å². The second kappa shape index (κ2) is 8.43. The Morgan fingerprint density at radius 2 is 1.96 bits per heavy atom. The monoisotopic (exact) mass is 457 g/mol. The van der Waals surface area contributed by atoms with Crippen molar-refractivity contribution >= 4 is 33.3 Å². The van der Waals surface area contributed by atoms with E-state index in [0.717, 1.165) is 27.3 Å². The van der Waals surface area contributed by atoms with E-state index in [-0.39, 0.29) is 18.7 Å². The predicted octanol–water partition coefficient (Wildman–Crippen LogP) is 4.46. The largest absolute Gasteiger partial charge is 0.459 e. The first-order valence-electron chi connectivity index (χ1n) is 9.12. The number of aromatic nitrogens is 1. The van der Waals surface area contributed by atoms with Gasteiger partial charge in [0.1, 0.15) is 17.6 Å². The third kappa shape index (κ3) is 3.83. The van der Waals surface area contributed by atoms with Crippen molar-refractivity contribution in [3.8, 4) is 11.3 Å². The number of aliphatic hydroxyl groups is 1. The maximum absolute atomic E-state index is 9.30. The molecule has 1 saturated heterocycles. The highest BCUT2D eigenvalue weighted by molar-refractivity contribution is 9.10. The van der Waals surface area contributed by atoms with Crippen LogP contribution in [0.1, 0.15) is 30.0 Å². The fraction of sp³-hybridized carbons (Fsp3) is 0.238. The standard InChI is InChI=1S/C21H20BrN3O2S/c22-15-7-5-14(6-8-15)17-9-10-18(27-17)20-19(16-4-1-2-11-23-16)24-21(28)25(20)12-3-13-26/h1-2,4-11,19-20,26H,3,12-13H2,(H,24,28)/t19-,20+/m1/s1. The Morgan fingerprint density at radius 1 is 1.14 bits per heavy atom. The predicted molar refractivity (Wildman–Crippen MR) is 116 cm³/mol. The number of rotatable bonds is 6. The molecule has 0 radical (unpaired) electrons. The van der Waals surface area contributed by atoms with Gasteiger partial charge in [-0.2, -0.15) is 0 Å². The van der Waals surface area contributed by atoms with E-state index in [1.54, 1.807) is 6.20 Å². The molecule has 0 amide bonds. The lowest BCUT2D eigenvalue weighted by Gasteiger charge is -2.25. The van der Waals surface area contributed by atoms with Crippen molar-refractivity contribution in [1.29, 1.82) is 0 Å². The van der Waals surface area contributed by atoms with Crippen LogP contribution in [0.3, 0.4) is 0 Å². The number of halogens is 1. The highest BCUT2D eigenvalue weighted by Gasteiger charge is 2.41. The summed E-state index contributed by atoms with van der Waals surface area (Å²) < 4.78 is 7.28. The van der Waals surface area contributed by atoms with Gasteiger partial charge in [-0.05, 0) is 55.0 Å². The van der Waals surface area contributed by atoms with Gasteiger partial charge in [0.15, 0.2) is 5.11 Å². The SMILES string of the molecule is OCCCN1C(=S)N[C@H](c2ccccn2)[C@@H]1c1ccc(-c2ccc(Br)cc2)o1. The molecule has 0 spiro atoms. The third-order valence-electron chi connectivity index (χ3n) is 4.80. The lowest BCUT2D eigenvalue weighted by molar-refractivity contribution is 0.233. The van der Waals surface area contributed by atoms with Gasteiger partial charge in [-0.3, -0.25) is 4.98 Å². The zero-order valence-electron chi connectivity index (χ0n) is 15.1. The van der Waals surface area contributed by atoms with E-state index in [0.29, 0.717) is 18.1 Å². The van der Waals surface area contributed by atoms with Crippen LogP contribution in [-0.4, -0.2) is 33.3 Å². The molecule has 2 N–H and O–H groups in total. The second-order valence-electron chi connectivity index (χ2n) is 6.61. The van der Waals surface area contributed by atoms with Crippen LogP contribution >= 0.6 is 28.1 Å². The van der Waals surface area contributed by atoms with E-state index in [1.165, 1.54) is 0 Å². The van der Waals surface area contributed by atoms with Crippen molar-refractivity contribution in [2.24, 2.45) is 0 Å². The zero-order valence-corrected chi connectivity index (χ0v) is 17.5. The first kappa shape index (κ1) is 19.1. The van der Waals surface area contributed by atoms with Crippen molar-refractivity contribution < 1.29 is 9.52 Å². The Morgan fingerprint density at radius 3 is 2.68 bits per heavy atom. The quantitative estimate of drug-likeness (QED) is 0.532. The van der Waals surface area contributed by atoms with Gasteiger partial charge in [0.2, 0.25) is 0 Å². The van der Waals surface area contributed by atoms with E-state index in [2.05, 4.69) is 31.1 Å². The van der Waals surface area contributed by atoms with E-state index < -0.39 is 0 Å². The molecule has 4 rings (SSSR count). The Kier molecular flexibility index (Phi) is 5.75. The summed E-state index contributed by atoms with van der Waals surface area (Å²) in [6.45, 7) is 0.757. The highest BCUT2D eigenvalue weighted by Crippen LogP contribution is 2.40. The van der Waals surface area contributed by atoms with Gasteiger partial charge in [-0.1, -0.05) is 34.1 Å². The molecular weight excluding hydrogens is 438 g/mol. The van der Waals surface area contributed by atoms with Crippen LogP contribution in [0, 0.1) is 0 Å². The molecule has 5 nitrogen and oxygen atoms in total. The molecule has 0 unspecified atom stereocenters. The summed E-state index contributed by atoms with van der Waals surface area (Å²) in [4.78, 5) is 6.59. The number of nitrogens with zero attached hydrogens (tertiary/aromatic N) is 2. The van der Waals surface area contributed by atoms with Gasteiger partial charge in [0.05, 0.1) is 11.7 Å². The molecule has 1 aromatic carbocycles. The van der Waals surface area contributed by atoms with Crippen LogP contribution in [0.15, 0.2) is 69.7 Å². The van der Waals surface area contributed by atoms with E-state index >= 15 is 0 Å². The van der Waals surface area contributed by atoms with Gasteiger partial charge in [-0.15, -0.1) is 0 Å². The summed E-state index contributed by atoms with van der Waals surface area (Å²) in [7, 11) is 0. The number of benzene rings is 1. The van der Waals surface area contributed by atoms with Gasteiger partial charge in [0, 0.05) is 29.4 Å². The highest BCUT2D eigenvalue weighted by atomic mass is 79.9. The van der Waals surface area contributed by atoms with Crippen molar-refractivity contribution in [3.05, 3.63) is 76.7 Å². The molecule has 28 heavy (non-hydrogen) atoms. The molecule has 0 saturated carbocycles. The fourth-order valence-electron chi connectivity index (χ4n) is 3.48.